The molecule has 1 aliphatic heterocycles. The second kappa shape index (κ2) is 6.11. The fraction of sp³-hybridized carbons (Fsp3) is 0.917. The fourth-order valence-electron chi connectivity index (χ4n) is 2.12. The van der Waals surface area contributed by atoms with E-state index in [0.717, 1.165) is 25.9 Å². The van der Waals surface area contributed by atoms with Gasteiger partial charge in [0.1, 0.15) is 0 Å². The molecule has 88 valence electrons. The summed E-state index contributed by atoms with van der Waals surface area (Å²) in [6.45, 7) is 7.22. The van der Waals surface area contributed by atoms with E-state index in [-0.39, 0.29) is 6.04 Å². The number of hydrogen-bond donors (Lipinski definition) is 1. The molecule has 0 spiro atoms. The van der Waals surface area contributed by atoms with Crippen LogP contribution >= 0.6 is 0 Å². The zero-order valence-corrected chi connectivity index (χ0v) is 10.3. The molecular weight excluding hydrogens is 188 g/mol. The van der Waals surface area contributed by atoms with Gasteiger partial charge in [0.25, 0.3) is 0 Å². The van der Waals surface area contributed by atoms with Crippen molar-refractivity contribution in [1.82, 2.24) is 10.2 Å². The van der Waals surface area contributed by atoms with Gasteiger partial charge in [0.15, 0.2) is 0 Å². The second-order valence-electron chi connectivity index (χ2n) is 4.50. The third kappa shape index (κ3) is 3.20. The van der Waals surface area contributed by atoms with Gasteiger partial charge >= 0.3 is 0 Å². The highest BCUT2D eigenvalue weighted by molar-refractivity contribution is 5.83. The standard InChI is InChI=1S/C12H24N2O/c1-4-6-8-10(3)14-9-13-11(7-5-2)12(14)15/h10-11,13H,4-9H2,1-3H3. The van der Waals surface area contributed by atoms with Crippen molar-refractivity contribution in [2.75, 3.05) is 6.67 Å². The Labute approximate surface area is 93.2 Å². The molecule has 3 nitrogen and oxygen atoms in total. The van der Waals surface area contributed by atoms with E-state index in [4.69, 9.17) is 0 Å². The molecule has 1 saturated heterocycles. The third-order valence-corrected chi connectivity index (χ3v) is 3.17. The summed E-state index contributed by atoms with van der Waals surface area (Å²) in [5, 5.41) is 3.29. The fourth-order valence-corrected chi connectivity index (χ4v) is 2.12. The Morgan fingerprint density at radius 3 is 2.80 bits per heavy atom. The lowest BCUT2D eigenvalue weighted by atomic mass is 10.1. The molecule has 0 saturated carbocycles. The first-order chi connectivity index (χ1) is 7.20. The van der Waals surface area contributed by atoms with Crippen molar-refractivity contribution >= 4 is 5.91 Å². The van der Waals surface area contributed by atoms with Crippen LogP contribution < -0.4 is 5.32 Å². The average Bonchev–Trinajstić information content (AvgIpc) is 2.58. The van der Waals surface area contributed by atoms with Crippen LogP contribution in [-0.2, 0) is 4.79 Å². The van der Waals surface area contributed by atoms with Crippen molar-refractivity contribution in [3.05, 3.63) is 0 Å². The topological polar surface area (TPSA) is 32.3 Å². The van der Waals surface area contributed by atoms with E-state index < -0.39 is 0 Å². The summed E-state index contributed by atoms with van der Waals surface area (Å²) in [6, 6.07) is 0.478. The number of rotatable bonds is 6. The summed E-state index contributed by atoms with van der Waals surface area (Å²) in [7, 11) is 0. The van der Waals surface area contributed by atoms with Crippen LogP contribution in [0.1, 0.15) is 52.9 Å². The van der Waals surface area contributed by atoms with Crippen molar-refractivity contribution in [1.29, 1.82) is 0 Å². The molecule has 1 aliphatic rings. The van der Waals surface area contributed by atoms with Crippen LogP contribution in [-0.4, -0.2) is 29.6 Å². The van der Waals surface area contributed by atoms with Gasteiger partial charge in [0.05, 0.1) is 12.7 Å². The molecule has 0 radical (unpaired) electrons. The van der Waals surface area contributed by atoms with Crippen LogP contribution in [0.5, 0.6) is 0 Å². The van der Waals surface area contributed by atoms with Gasteiger partial charge < -0.3 is 4.90 Å². The SMILES string of the molecule is CCCCC(C)N1CNC(CCC)C1=O. The Hall–Kier alpha value is -0.570. The predicted octanol–water partition coefficient (Wildman–Crippen LogP) is 2.12. The van der Waals surface area contributed by atoms with Crippen molar-refractivity contribution in [2.24, 2.45) is 0 Å². The highest BCUT2D eigenvalue weighted by atomic mass is 16.2. The highest BCUT2D eigenvalue weighted by Crippen LogP contribution is 2.15. The lowest BCUT2D eigenvalue weighted by Crippen LogP contribution is -2.36. The molecule has 1 amide bonds. The highest BCUT2D eigenvalue weighted by Gasteiger charge is 2.32. The van der Waals surface area contributed by atoms with Gasteiger partial charge in [0, 0.05) is 6.04 Å². The number of hydrogen-bond acceptors (Lipinski definition) is 2. The van der Waals surface area contributed by atoms with Gasteiger partial charge in [-0.05, 0) is 19.8 Å². The van der Waals surface area contributed by atoms with Gasteiger partial charge in [-0.3, -0.25) is 10.1 Å². The zero-order chi connectivity index (χ0) is 11.3. The summed E-state index contributed by atoms with van der Waals surface area (Å²) < 4.78 is 0. The van der Waals surface area contributed by atoms with Crippen LogP contribution in [0, 0.1) is 0 Å². The molecule has 0 aromatic rings. The molecule has 0 bridgehead atoms. The molecular formula is C12H24N2O. The van der Waals surface area contributed by atoms with Crippen molar-refractivity contribution in [3.63, 3.8) is 0 Å². The largest absolute Gasteiger partial charge is 0.326 e. The summed E-state index contributed by atoms with van der Waals surface area (Å²) >= 11 is 0. The van der Waals surface area contributed by atoms with E-state index in [0.29, 0.717) is 11.9 Å². The van der Waals surface area contributed by atoms with E-state index in [1.165, 1.54) is 12.8 Å². The molecule has 2 atom stereocenters. The van der Waals surface area contributed by atoms with Gasteiger partial charge in [0.2, 0.25) is 5.91 Å². The smallest absolute Gasteiger partial charge is 0.241 e. The van der Waals surface area contributed by atoms with Crippen LogP contribution in [0.4, 0.5) is 0 Å². The minimum atomic E-state index is 0.0825. The molecule has 1 heterocycles. The van der Waals surface area contributed by atoms with Gasteiger partial charge in [-0.15, -0.1) is 0 Å². The van der Waals surface area contributed by atoms with E-state index in [9.17, 15) is 4.79 Å². The maximum atomic E-state index is 12.0. The maximum Gasteiger partial charge on any atom is 0.241 e. The number of carbonyl (C=O) groups is 1. The minimum absolute atomic E-state index is 0.0825. The Morgan fingerprint density at radius 1 is 1.47 bits per heavy atom. The Kier molecular flexibility index (Phi) is 5.09. The van der Waals surface area contributed by atoms with E-state index in [2.05, 4.69) is 26.1 Å². The van der Waals surface area contributed by atoms with E-state index in [1.807, 2.05) is 4.90 Å². The third-order valence-electron chi connectivity index (χ3n) is 3.17. The van der Waals surface area contributed by atoms with Crippen LogP contribution in [0.25, 0.3) is 0 Å². The van der Waals surface area contributed by atoms with Gasteiger partial charge in [-0.25, -0.2) is 0 Å². The van der Waals surface area contributed by atoms with Crippen LogP contribution in [0.15, 0.2) is 0 Å². The lowest BCUT2D eigenvalue weighted by molar-refractivity contribution is -0.130. The average molecular weight is 212 g/mol. The normalized spacial score (nSPS) is 23.5. The first-order valence-corrected chi connectivity index (χ1v) is 6.24. The molecule has 1 rings (SSSR count). The second-order valence-corrected chi connectivity index (χ2v) is 4.50. The predicted molar refractivity (Wildman–Crippen MR) is 62.5 cm³/mol. The van der Waals surface area contributed by atoms with E-state index >= 15 is 0 Å². The molecule has 1 N–H and O–H groups in total. The van der Waals surface area contributed by atoms with Gasteiger partial charge in [-0.2, -0.15) is 0 Å². The molecule has 0 aromatic heterocycles. The summed E-state index contributed by atoms with van der Waals surface area (Å²) in [5.41, 5.74) is 0. The Balaban J connectivity index is 2.40. The Morgan fingerprint density at radius 2 is 2.20 bits per heavy atom. The summed E-state index contributed by atoms with van der Waals surface area (Å²) in [5.74, 6) is 0.306. The summed E-state index contributed by atoms with van der Waals surface area (Å²) in [6.07, 6.45) is 5.58. The van der Waals surface area contributed by atoms with Crippen molar-refractivity contribution < 1.29 is 4.79 Å². The summed E-state index contributed by atoms with van der Waals surface area (Å²) in [4.78, 5) is 14.0. The lowest BCUT2D eigenvalue weighted by Gasteiger charge is -2.23. The molecule has 2 unspecified atom stereocenters. The van der Waals surface area contributed by atoms with Crippen molar-refractivity contribution in [3.8, 4) is 0 Å². The first kappa shape index (κ1) is 12.5. The quantitative estimate of drug-likeness (QED) is 0.731. The van der Waals surface area contributed by atoms with Crippen LogP contribution in [0.2, 0.25) is 0 Å². The maximum absolute atomic E-state index is 12.0. The van der Waals surface area contributed by atoms with Crippen molar-refractivity contribution in [2.45, 2.75) is 65.0 Å². The van der Waals surface area contributed by atoms with Crippen LogP contribution in [0.3, 0.4) is 0 Å². The monoisotopic (exact) mass is 212 g/mol. The number of carbonyl (C=O) groups excluding carboxylic acids is 1. The molecule has 1 fully saturated rings. The van der Waals surface area contributed by atoms with Gasteiger partial charge in [-0.1, -0.05) is 33.1 Å². The molecule has 0 aliphatic carbocycles. The molecule has 3 heteroatoms. The minimum Gasteiger partial charge on any atom is -0.326 e. The number of unbranched alkanes of at least 4 members (excludes halogenated alkanes) is 1. The molecule has 0 aromatic carbocycles. The molecule has 15 heavy (non-hydrogen) atoms. The first-order valence-electron chi connectivity index (χ1n) is 6.24. The zero-order valence-electron chi connectivity index (χ0n) is 10.3. The number of nitrogens with zero attached hydrogens (tertiary/aromatic N) is 1. The Bertz CT molecular complexity index is 206. The number of amides is 1. The number of nitrogens with one attached hydrogen (secondary N) is 1. The van der Waals surface area contributed by atoms with E-state index in [1.54, 1.807) is 0 Å².